The van der Waals surface area contributed by atoms with E-state index >= 15 is 0 Å². The first-order chi connectivity index (χ1) is 11.3. The first kappa shape index (κ1) is 26.4. The average Bonchev–Trinajstić information content (AvgIpc) is 3.01. The van der Waals surface area contributed by atoms with Gasteiger partial charge in [-0.25, -0.2) is 5.57 Å². The van der Waals surface area contributed by atoms with Crippen LogP contribution in [0.5, 0.6) is 0 Å². The molecule has 0 saturated carbocycles. The second kappa shape index (κ2) is 10.2. The zero-order chi connectivity index (χ0) is 17.5. The number of allylic oxidation sites excluding steroid dienone is 5. The van der Waals surface area contributed by atoms with E-state index in [0.717, 1.165) is 6.42 Å². The number of halogens is 2. The first-order valence-corrected chi connectivity index (χ1v) is 8.70. The molecule has 0 spiro atoms. The first-order valence-electron chi connectivity index (χ1n) is 8.70. The van der Waals surface area contributed by atoms with Crippen LogP contribution in [0.2, 0.25) is 0 Å². The summed E-state index contributed by atoms with van der Waals surface area (Å²) in [7, 11) is 0. The minimum absolute atomic E-state index is 0. The smallest absolute Gasteiger partial charge is 1.00 e. The fourth-order valence-corrected chi connectivity index (χ4v) is 3.56. The molecule has 2 aromatic carbocycles. The predicted molar refractivity (Wildman–Crippen MR) is 104 cm³/mol. The number of benzene rings is 2. The van der Waals surface area contributed by atoms with Gasteiger partial charge in [0.15, 0.2) is 0 Å². The molecule has 0 saturated heterocycles. The van der Waals surface area contributed by atoms with E-state index < -0.39 is 0 Å². The molecule has 0 atom stereocenters. The molecule has 0 nitrogen and oxygen atoms in total. The Morgan fingerprint density at radius 1 is 0.889 bits per heavy atom. The summed E-state index contributed by atoms with van der Waals surface area (Å²) in [4.78, 5) is 0. The molecule has 0 radical (unpaired) electrons. The Morgan fingerprint density at radius 2 is 1.52 bits per heavy atom. The molecule has 0 aliphatic heterocycles. The van der Waals surface area contributed by atoms with Crippen molar-refractivity contribution in [3.05, 3.63) is 82.0 Å². The Hall–Kier alpha value is -0.617. The molecule has 27 heavy (non-hydrogen) atoms. The maximum atomic E-state index is 3.46. The van der Waals surface area contributed by atoms with Crippen molar-refractivity contribution in [2.24, 2.45) is 5.41 Å². The van der Waals surface area contributed by atoms with Crippen molar-refractivity contribution in [3.63, 3.8) is 0 Å². The van der Waals surface area contributed by atoms with Crippen molar-refractivity contribution >= 4 is 10.8 Å². The molecule has 140 valence electrons. The van der Waals surface area contributed by atoms with E-state index in [1.54, 1.807) is 0 Å². The van der Waals surface area contributed by atoms with Crippen LogP contribution >= 0.6 is 0 Å². The third-order valence-electron chi connectivity index (χ3n) is 5.37. The molecular weight excluding hydrogens is 450 g/mol. The summed E-state index contributed by atoms with van der Waals surface area (Å²) in [5, 5.41) is 2.65. The fourth-order valence-electron chi connectivity index (χ4n) is 3.56. The Morgan fingerprint density at radius 3 is 2.04 bits per heavy atom. The van der Waals surface area contributed by atoms with Crippen LogP contribution in [0.25, 0.3) is 10.8 Å². The van der Waals surface area contributed by atoms with Crippen LogP contribution in [0.4, 0.5) is 0 Å². The van der Waals surface area contributed by atoms with Crippen molar-refractivity contribution in [2.45, 2.75) is 48.0 Å². The summed E-state index contributed by atoms with van der Waals surface area (Å²) < 4.78 is 0. The molecule has 3 heteroatoms. The molecular formula is C24H26Cl2Zr. The Labute approximate surface area is 196 Å². The minimum atomic E-state index is 0. The second-order valence-electron chi connectivity index (χ2n) is 7.53. The molecule has 0 N–H and O–H groups in total. The minimum Gasteiger partial charge on any atom is -1.00 e. The second-order valence-corrected chi connectivity index (χ2v) is 7.53. The number of rotatable bonds is 0. The quantitative estimate of drug-likeness (QED) is 0.489. The van der Waals surface area contributed by atoms with Gasteiger partial charge in [0.25, 0.3) is 0 Å². The molecule has 0 aromatic heterocycles. The van der Waals surface area contributed by atoms with Gasteiger partial charge in [-0.1, -0.05) is 76.1 Å². The topological polar surface area (TPSA) is 0 Å². The number of hydrogen-bond acceptors (Lipinski definition) is 0. The molecule has 2 aliphatic carbocycles. The third-order valence-corrected chi connectivity index (χ3v) is 5.37. The standard InChI is InChI=1S/C14H11.C10H15.2ClH.Zr/c1-10-8-12-7-6-11-4-2-3-5-13(11)14(12)9-10;1-7-6-10(4,5)9(3)8(7)2;;;/h2-7H,8H2,1H3;1-5H3;2*1H;/q2*-1;;;+4/p-2. The molecule has 0 amide bonds. The normalized spacial score (nSPS) is 16.1. The summed E-state index contributed by atoms with van der Waals surface area (Å²) >= 11 is 0. The van der Waals surface area contributed by atoms with Crippen LogP contribution in [-0.4, -0.2) is 0 Å². The predicted octanol–water partition coefficient (Wildman–Crippen LogP) is 0.611. The third kappa shape index (κ3) is 5.47. The van der Waals surface area contributed by atoms with E-state index in [9.17, 15) is 0 Å². The van der Waals surface area contributed by atoms with E-state index in [2.05, 4.69) is 90.1 Å². The maximum Gasteiger partial charge on any atom is 4.00 e. The van der Waals surface area contributed by atoms with Gasteiger partial charge >= 0.3 is 26.2 Å². The van der Waals surface area contributed by atoms with Gasteiger partial charge in [0.1, 0.15) is 0 Å². The SMILES string of the molecule is CC1=[C-]C(C)(C)C(C)=C1C.CC1=[C-]c2c(ccc3ccccc23)C1.[Cl-].[Cl-].[Zr+4]. The summed E-state index contributed by atoms with van der Waals surface area (Å²) in [6, 6.07) is 12.9. The molecule has 0 bridgehead atoms. The number of hydrogen-bond donors (Lipinski definition) is 0. The van der Waals surface area contributed by atoms with Crippen LogP contribution in [0.15, 0.2) is 58.7 Å². The Kier molecular flexibility index (Phi) is 10.0. The van der Waals surface area contributed by atoms with E-state index in [1.807, 2.05) is 0 Å². The summed E-state index contributed by atoms with van der Waals surface area (Å²) in [6.45, 7) is 13.1. The summed E-state index contributed by atoms with van der Waals surface area (Å²) in [5.74, 6) is 0. The van der Waals surface area contributed by atoms with E-state index in [1.165, 1.54) is 44.2 Å². The zero-order valence-corrected chi connectivity index (χ0v) is 20.9. The van der Waals surface area contributed by atoms with Gasteiger partial charge in [0.05, 0.1) is 0 Å². The Balaban J connectivity index is 0.000000473. The molecule has 0 heterocycles. The van der Waals surface area contributed by atoms with Crippen molar-refractivity contribution < 1.29 is 51.0 Å². The largest absolute Gasteiger partial charge is 4.00 e. The van der Waals surface area contributed by atoms with Gasteiger partial charge in [0.2, 0.25) is 0 Å². The molecule has 4 rings (SSSR count). The maximum absolute atomic E-state index is 3.46. The van der Waals surface area contributed by atoms with Gasteiger partial charge in [-0.05, 0) is 0 Å². The van der Waals surface area contributed by atoms with Crippen LogP contribution in [0.3, 0.4) is 0 Å². The fraction of sp³-hybridized carbons (Fsp3) is 0.333. The van der Waals surface area contributed by atoms with Crippen LogP contribution < -0.4 is 24.8 Å². The van der Waals surface area contributed by atoms with Crippen molar-refractivity contribution in [1.82, 2.24) is 0 Å². The van der Waals surface area contributed by atoms with Crippen LogP contribution in [0.1, 0.15) is 52.7 Å². The van der Waals surface area contributed by atoms with E-state index in [0.29, 0.717) is 0 Å². The van der Waals surface area contributed by atoms with Crippen molar-refractivity contribution in [2.75, 3.05) is 0 Å². The van der Waals surface area contributed by atoms with Gasteiger partial charge in [0, 0.05) is 0 Å². The molecule has 2 aliphatic rings. The summed E-state index contributed by atoms with van der Waals surface area (Å²) in [5.41, 5.74) is 8.46. The van der Waals surface area contributed by atoms with Crippen molar-refractivity contribution in [1.29, 1.82) is 0 Å². The zero-order valence-electron chi connectivity index (χ0n) is 16.9. The van der Waals surface area contributed by atoms with Gasteiger partial charge in [-0.3, -0.25) is 6.08 Å². The molecule has 0 unspecified atom stereocenters. The monoisotopic (exact) mass is 474 g/mol. The van der Waals surface area contributed by atoms with Gasteiger partial charge < -0.3 is 24.8 Å². The van der Waals surface area contributed by atoms with E-state index in [4.69, 9.17) is 0 Å². The van der Waals surface area contributed by atoms with Crippen LogP contribution in [0, 0.1) is 17.6 Å². The molecule has 2 aromatic rings. The average molecular weight is 477 g/mol. The van der Waals surface area contributed by atoms with Gasteiger partial charge in [-0.2, -0.15) is 22.8 Å². The van der Waals surface area contributed by atoms with Gasteiger partial charge in [-0.15, -0.1) is 35.6 Å². The van der Waals surface area contributed by atoms with Crippen molar-refractivity contribution in [3.8, 4) is 0 Å². The van der Waals surface area contributed by atoms with E-state index in [-0.39, 0.29) is 56.4 Å². The van der Waals surface area contributed by atoms with Crippen LogP contribution in [-0.2, 0) is 32.6 Å². The summed E-state index contributed by atoms with van der Waals surface area (Å²) in [6.07, 6.45) is 7.96. The molecule has 0 fully saturated rings. The Bertz CT molecular complexity index is 902. The number of fused-ring (bicyclic) bond motifs is 3.